The van der Waals surface area contributed by atoms with E-state index in [-0.39, 0.29) is 35.2 Å². The summed E-state index contributed by atoms with van der Waals surface area (Å²) in [5.74, 6) is -0.152. The van der Waals surface area contributed by atoms with Crippen LogP contribution < -0.4 is 0 Å². The van der Waals surface area contributed by atoms with Crippen LogP contribution in [-0.4, -0.2) is 52.8 Å². The van der Waals surface area contributed by atoms with Crippen molar-refractivity contribution in [1.82, 2.24) is 9.21 Å². The first-order valence-electron chi connectivity index (χ1n) is 9.35. The van der Waals surface area contributed by atoms with Gasteiger partial charge in [0.05, 0.1) is 5.25 Å². The van der Waals surface area contributed by atoms with E-state index in [1.165, 1.54) is 4.90 Å². The fourth-order valence-corrected chi connectivity index (χ4v) is 7.76. The van der Waals surface area contributed by atoms with E-state index >= 15 is 0 Å². The van der Waals surface area contributed by atoms with Crippen LogP contribution in [0.25, 0.3) is 0 Å². The van der Waals surface area contributed by atoms with Crippen molar-refractivity contribution in [3.05, 3.63) is 0 Å². The van der Waals surface area contributed by atoms with Gasteiger partial charge in [0.25, 0.3) is 0 Å². The highest BCUT2D eigenvalue weighted by Gasteiger charge is 2.51. The van der Waals surface area contributed by atoms with Gasteiger partial charge < -0.3 is 0 Å². The summed E-state index contributed by atoms with van der Waals surface area (Å²) in [6.07, 6.45) is 8.32. The zero-order valence-corrected chi connectivity index (χ0v) is 14.8. The lowest BCUT2D eigenvalue weighted by Gasteiger charge is -2.42. The summed E-state index contributed by atoms with van der Waals surface area (Å²) in [7, 11) is -3.25. The maximum absolute atomic E-state index is 13.1. The summed E-state index contributed by atoms with van der Waals surface area (Å²) in [6.45, 7) is 0. The highest BCUT2D eigenvalue weighted by atomic mass is 32.2. The summed E-state index contributed by atoms with van der Waals surface area (Å²) in [5, 5.41) is -0.221. The van der Waals surface area contributed by atoms with Crippen molar-refractivity contribution in [2.75, 3.05) is 0 Å². The Kier molecular flexibility index (Phi) is 4.19. The fraction of sp³-hybridized carbons (Fsp3) is 0.882. The molecule has 0 aromatic rings. The monoisotopic (exact) mass is 354 g/mol. The molecule has 6 nitrogen and oxygen atoms in total. The molecular formula is C17H26N2O4S. The molecular weight excluding hydrogens is 328 g/mol. The second-order valence-electron chi connectivity index (χ2n) is 7.80. The molecule has 4 aliphatic rings. The highest BCUT2D eigenvalue weighted by Crippen LogP contribution is 2.42. The molecule has 3 heterocycles. The van der Waals surface area contributed by atoms with E-state index in [0.29, 0.717) is 25.7 Å². The van der Waals surface area contributed by atoms with Crippen molar-refractivity contribution in [3.63, 3.8) is 0 Å². The first kappa shape index (κ1) is 16.5. The molecule has 4 fully saturated rings. The van der Waals surface area contributed by atoms with Gasteiger partial charge >= 0.3 is 0 Å². The number of imide groups is 1. The van der Waals surface area contributed by atoms with E-state index in [0.717, 1.165) is 44.9 Å². The third-order valence-electron chi connectivity index (χ3n) is 6.36. The lowest BCUT2D eigenvalue weighted by Crippen LogP contribution is -2.55. The summed E-state index contributed by atoms with van der Waals surface area (Å²) in [6, 6.07) is -0.147. The Morgan fingerprint density at radius 3 is 1.83 bits per heavy atom. The Balaban J connectivity index is 1.53. The largest absolute Gasteiger partial charge is 0.279 e. The number of sulfonamides is 1. The summed E-state index contributed by atoms with van der Waals surface area (Å²) < 4.78 is 28.1. The number of likely N-dealkylation sites (tertiary alicyclic amines) is 1. The average Bonchev–Trinajstić information content (AvgIpc) is 3.05. The van der Waals surface area contributed by atoms with Crippen LogP contribution in [0.1, 0.15) is 70.6 Å². The molecule has 4 rings (SSSR count). The maximum Gasteiger partial charge on any atom is 0.229 e. The second-order valence-corrected chi connectivity index (χ2v) is 9.92. The molecule has 0 spiro atoms. The molecule has 2 unspecified atom stereocenters. The van der Waals surface area contributed by atoms with Crippen LogP contribution in [0, 0.1) is 0 Å². The molecule has 3 saturated heterocycles. The number of hydrogen-bond donors (Lipinski definition) is 0. The van der Waals surface area contributed by atoms with E-state index in [2.05, 4.69) is 0 Å². The lowest BCUT2D eigenvalue weighted by atomic mass is 9.98. The predicted octanol–water partition coefficient (Wildman–Crippen LogP) is 1.79. The Morgan fingerprint density at radius 1 is 0.750 bits per heavy atom. The Morgan fingerprint density at radius 2 is 1.29 bits per heavy atom. The van der Waals surface area contributed by atoms with Crippen LogP contribution in [0.3, 0.4) is 0 Å². The van der Waals surface area contributed by atoms with Crippen molar-refractivity contribution >= 4 is 21.8 Å². The Hall–Kier alpha value is -0.950. The van der Waals surface area contributed by atoms with Crippen LogP contribution in [0.4, 0.5) is 0 Å². The summed E-state index contributed by atoms with van der Waals surface area (Å²) in [5.41, 5.74) is 0. The van der Waals surface area contributed by atoms with Crippen LogP contribution in [0.15, 0.2) is 0 Å². The first-order chi connectivity index (χ1) is 11.5. The molecule has 0 N–H and O–H groups in total. The van der Waals surface area contributed by atoms with Gasteiger partial charge in [-0.1, -0.05) is 19.3 Å². The molecule has 2 atom stereocenters. The van der Waals surface area contributed by atoms with Gasteiger partial charge in [0.15, 0.2) is 0 Å². The van der Waals surface area contributed by atoms with Crippen molar-refractivity contribution in [2.45, 2.75) is 94.0 Å². The standard InChI is InChI=1S/C17H26N2O4S/c20-16-8-9-17(21)18(16)14-10-12-6-7-13(11-14)19(12)24(22,23)15-4-2-1-3-5-15/h12-15H,1-11H2. The van der Waals surface area contributed by atoms with Gasteiger partial charge in [-0.2, -0.15) is 4.31 Å². The second kappa shape index (κ2) is 6.09. The smallest absolute Gasteiger partial charge is 0.229 e. The SMILES string of the molecule is O=C1CCC(=O)N1C1CC2CCC(C1)N2S(=O)(=O)C1CCCCC1. The van der Waals surface area contributed by atoms with Crippen molar-refractivity contribution < 1.29 is 18.0 Å². The minimum atomic E-state index is -3.25. The zero-order valence-electron chi connectivity index (χ0n) is 14.0. The third-order valence-corrected chi connectivity index (χ3v) is 8.86. The van der Waals surface area contributed by atoms with Gasteiger partial charge in [0.1, 0.15) is 0 Å². The number of fused-ring (bicyclic) bond motifs is 2. The topological polar surface area (TPSA) is 74.8 Å². The molecule has 2 amide bonds. The third kappa shape index (κ3) is 2.60. The molecule has 7 heteroatoms. The number of carbonyl (C=O) groups excluding carboxylic acids is 2. The number of hydrogen-bond acceptors (Lipinski definition) is 4. The predicted molar refractivity (Wildman–Crippen MR) is 88.6 cm³/mol. The molecule has 0 aromatic carbocycles. The van der Waals surface area contributed by atoms with E-state index in [4.69, 9.17) is 0 Å². The van der Waals surface area contributed by atoms with Crippen LogP contribution in [0.2, 0.25) is 0 Å². The summed E-state index contributed by atoms with van der Waals surface area (Å²) in [4.78, 5) is 25.5. The summed E-state index contributed by atoms with van der Waals surface area (Å²) >= 11 is 0. The van der Waals surface area contributed by atoms with Crippen molar-refractivity contribution in [2.24, 2.45) is 0 Å². The molecule has 1 aliphatic carbocycles. The first-order valence-corrected chi connectivity index (χ1v) is 10.9. The molecule has 2 bridgehead atoms. The van der Waals surface area contributed by atoms with Gasteiger partial charge in [-0.05, 0) is 38.5 Å². The van der Waals surface area contributed by atoms with E-state index in [9.17, 15) is 18.0 Å². The van der Waals surface area contributed by atoms with Crippen LogP contribution in [-0.2, 0) is 19.6 Å². The van der Waals surface area contributed by atoms with Gasteiger partial charge in [0.2, 0.25) is 21.8 Å². The minimum Gasteiger partial charge on any atom is -0.279 e. The number of amides is 2. The van der Waals surface area contributed by atoms with Crippen LogP contribution in [0.5, 0.6) is 0 Å². The maximum atomic E-state index is 13.1. The van der Waals surface area contributed by atoms with Crippen molar-refractivity contribution in [1.29, 1.82) is 0 Å². The normalized spacial score (nSPS) is 35.8. The van der Waals surface area contributed by atoms with Crippen molar-refractivity contribution in [3.8, 4) is 0 Å². The highest BCUT2D eigenvalue weighted by molar-refractivity contribution is 7.89. The minimum absolute atomic E-state index is 0.0260. The van der Waals surface area contributed by atoms with Gasteiger partial charge in [0, 0.05) is 31.0 Å². The number of rotatable bonds is 3. The molecule has 3 aliphatic heterocycles. The van der Waals surface area contributed by atoms with E-state index < -0.39 is 10.0 Å². The molecule has 134 valence electrons. The zero-order chi connectivity index (χ0) is 16.9. The number of carbonyl (C=O) groups is 2. The van der Waals surface area contributed by atoms with Gasteiger partial charge in [-0.3, -0.25) is 14.5 Å². The van der Waals surface area contributed by atoms with Gasteiger partial charge in [-0.25, -0.2) is 8.42 Å². The van der Waals surface area contributed by atoms with E-state index in [1.807, 2.05) is 0 Å². The van der Waals surface area contributed by atoms with E-state index in [1.54, 1.807) is 4.31 Å². The molecule has 24 heavy (non-hydrogen) atoms. The Labute approximate surface area is 143 Å². The number of nitrogens with zero attached hydrogens (tertiary/aromatic N) is 2. The molecule has 0 radical (unpaired) electrons. The Bertz CT molecular complexity index is 611. The molecule has 1 saturated carbocycles. The fourth-order valence-electron chi connectivity index (χ4n) is 5.27. The van der Waals surface area contributed by atoms with Gasteiger partial charge in [-0.15, -0.1) is 0 Å². The number of piperidine rings is 1. The van der Waals surface area contributed by atoms with Crippen LogP contribution >= 0.6 is 0 Å². The lowest BCUT2D eigenvalue weighted by molar-refractivity contribution is -0.142. The quantitative estimate of drug-likeness (QED) is 0.724. The average molecular weight is 354 g/mol. The molecule has 0 aromatic heterocycles.